The van der Waals surface area contributed by atoms with Crippen LogP contribution in [0.2, 0.25) is 0 Å². The lowest BCUT2D eigenvalue weighted by atomic mass is 10.2. The first kappa shape index (κ1) is 14.6. The largest absolute Gasteiger partial charge is 0.444 e. The average Bonchev–Trinajstić information content (AvgIpc) is 2.13. The molecule has 5 nitrogen and oxygen atoms in total. The molecule has 0 heterocycles. The molecule has 0 fully saturated rings. The maximum atomic E-state index is 11.5. The summed E-state index contributed by atoms with van der Waals surface area (Å²) in [6.45, 7) is 5.37. The van der Waals surface area contributed by atoms with E-state index in [1.165, 1.54) is 7.05 Å². The summed E-state index contributed by atoms with van der Waals surface area (Å²) < 4.78 is 6.46. The van der Waals surface area contributed by atoms with Crippen molar-refractivity contribution in [2.24, 2.45) is 0 Å². The Labute approximate surface area is 114 Å². The normalized spacial score (nSPS) is 10.9. The van der Waals surface area contributed by atoms with Crippen LogP contribution < -0.4 is 5.32 Å². The van der Waals surface area contributed by atoms with Crippen molar-refractivity contribution in [3.05, 3.63) is 27.6 Å². The van der Waals surface area contributed by atoms with Gasteiger partial charge >= 0.3 is 6.09 Å². The molecule has 0 aliphatic heterocycles. The van der Waals surface area contributed by atoms with E-state index in [4.69, 9.17) is 4.74 Å². The number of nitrogens with zero attached hydrogens (tertiary/aromatic N) is 1. The van der Waals surface area contributed by atoms with E-state index in [2.05, 4.69) is 21.2 Å². The maximum absolute atomic E-state index is 11.5. The molecule has 0 saturated heterocycles. The number of amides is 1. The van der Waals surface area contributed by atoms with Crippen LogP contribution in [0.4, 0.5) is 16.2 Å². The first-order valence-electron chi connectivity index (χ1n) is 5.39. The lowest BCUT2D eigenvalue weighted by Gasteiger charge is -2.19. The van der Waals surface area contributed by atoms with E-state index in [1.807, 2.05) is 0 Å². The van der Waals surface area contributed by atoms with Gasteiger partial charge in [0, 0.05) is 21.4 Å². The van der Waals surface area contributed by atoms with Crippen LogP contribution in [0.3, 0.4) is 0 Å². The molecule has 0 bridgehead atoms. The summed E-state index contributed by atoms with van der Waals surface area (Å²) in [5, 5.41) is 2.59. The van der Waals surface area contributed by atoms with Gasteiger partial charge in [0.2, 0.25) is 0 Å². The Hall–Kier alpha value is -1.43. The minimum absolute atomic E-state index is 0.490. The molecule has 1 rings (SSSR count). The second-order valence-electron chi connectivity index (χ2n) is 4.79. The summed E-state index contributed by atoms with van der Waals surface area (Å²) in [5.41, 5.74) is 0.503. The molecule has 0 spiro atoms. The summed E-state index contributed by atoms with van der Waals surface area (Å²) in [4.78, 5) is 22.7. The molecule has 0 aromatic heterocycles. The van der Waals surface area contributed by atoms with Crippen molar-refractivity contribution < 1.29 is 14.3 Å². The van der Waals surface area contributed by atoms with Gasteiger partial charge in [-0.2, -0.15) is 0 Å². The first-order chi connectivity index (χ1) is 8.19. The van der Waals surface area contributed by atoms with Gasteiger partial charge < -0.3 is 4.74 Å². The Morgan fingerprint density at radius 2 is 2.00 bits per heavy atom. The fourth-order valence-corrected chi connectivity index (χ4v) is 1.89. The van der Waals surface area contributed by atoms with Gasteiger partial charge in [0.25, 0.3) is 5.69 Å². The van der Waals surface area contributed by atoms with Gasteiger partial charge in [-0.05, 0) is 48.8 Å². The zero-order valence-corrected chi connectivity index (χ0v) is 12.4. The number of nitroso groups, excluding NO2 is 1. The van der Waals surface area contributed by atoms with E-state index in [0.717, 1.165) is 4.76 Å². The molecule has 0 radical (unpaired) electrons. The smallest absolute Gasteiger partial charge is 0.412 e. The van der Waals surface area contributed by atoms with Crippen molar-refractivity contribution in [3.63, 3.8) is 0 Å². The molecule has 0 saturated carbocycles. The molecule has 0 atom stereocenters. The summed E-state index contributed by atoms with van der Waals surface area (Å²) in [7, 11) is 1.40. The number of halogens is 1. The highest BCUT2D eigenvalue weighted by Crippen LogP contribution is 2.27. The summed E-state index contributed by atoms with van der Waals surface area (Å²) in [5.74, 6) is 0. The third kappa shape index (κ3) is 4.44. The number of carbonyl (C=O) groups is 1. The van der Waals surface area contributed by atoms with E-state index in [1.54, 1.807) is 39.0 Å². The van der Waals surface area contributed by atoms with Crippen molar-refractivity contribution in [1.82, 2.24) is 0 Å². The van der Waals surface area contributed by atoms with Crippen LogP contribution in [-0.2, 0) is 4.74 Å². The highest BCUT2D eigenvalue weighted by atomic mass is 79.9. The van der Waals surface area contributed by atoms with Crippen LogP contribution in [0.5, 0.6) is 0 Å². The Kier molecular flexibility index (Phi) is 4.45. The van der Waals surface area contributed by atoms with Gasteiger partial charge in [-0.15, -0.1) is 0 Å². The molecule has 1 amide bonds. The van der Waals surface area contributed by atoms with Crippen LogP contribution in [0, 0.1) is 4.91 Å². The Morgan fingerprint density at radius 1 is 1.39 bits per heavy atom. The predicted octanol–water partition coefficient (Wildman–Crippen LogP) is 3.84. The number of hydrogen-bond acceptors (Lipinski definition) is 3. The minimum Gasteiger partial charge on any atom is -0.444 e. The SMILES string of the molecule is C[N+](=O)c1ccc(NC(=O)OC(C)(C)C)cc1Br. The summed E-state index contributed by atoms with van der Waals surface area (Å²) >= 11 is 3.27. The van der Waals surface area contributed by atoms with Crippen LogP contribution in [0.1, 0.15) is 20.8 Å². The minimum atomic E-state index is -0.545. The molecular formula is C12H16BrN2O3+. The fourth-order valence-electron chi connectivity index (χ4n) is 1.26. The van der Waals surface area contributed by atoms with Crippen molar-refractivity contribution in [3.8, 4) is 0 Å². The highest BCUT2D eigenvalue weighted by molar-refractivity contribution is 9.10. The highest BCUT2D eigenvalue weighted by Gasteiger charge is 2.17. The van der Waals surface area contributed by atoms with Gasteiger partial charge in [-0.1, -0.05) is 0 Å². The Morgan fingerprint density at radius 3 is 2.44 bits per heavy atom. The summed E-state index contributed by atoms with van der Waals surface area (Å²) in [6, 6.07) is 4.90. The molecule has 0 unspecified atom stereocenters. The van der Waals surface area contributed by atoms with E-state index < -0.39 is 11.7 Å². The van der Waals surface area contributed by atoms with Gasteiger partial charge in [0.15, 0.2) is 7.05 Å². The summed E-state index contributed by atoms with van der Waals surface area (Å²) in [6.07, 6.45) is -0.530. The number of hydrogen-bond donors (Lipinski definition) is 1. The van der Waals surface area contributed by atoms with Gasteiger partial charge in [0.05, 0.1) is 4.47 Å². The van der Waals surface area contributed by atoms with Crippen LogP contribution >= 0.6 is 15.9 Å². The molecular weight excluding hydrogens is 300 g/mol. The van der Waals surface area contributed by atoms with E-state index in [9.17, 15) is 9.70 Å². The monoisotopic (exact) mass is 315 g/mol. The van der Waals surface area contributed by atoms with Crippen molar-refractivity contribution >= 4 is 33.4 Å². The molecule has 6 heteroatoms. The van der Waals surface area contributed by atoms with Crippen LogP contribution in [0.15, 0.2) is 22.7 Å². The number of nitrogens with one attached hydrogen (secondary N) is 1. The molecule has 18 heavy (non-hydrogen) atoms. The standard InChI is InChI=1S/C12H15BrN2O3/c1-12(2,3)18-11(16)14-8-5-6-10(15(4)17)9(13)7-8/h5-7H,1-4H3/p+1. The average molecular weight is 316 g/mol. The Balaban J connectivity index is 2.78. The molecule has 0 aliphatic carbocycles. The number of rotatable bonds is 2. The number of anilines is 1. The third-order valence-corrected chi connectivity index (χ3v) is 2.57. The Bertz CT molecular complexity index is 481. The van der Waals surface area contributed by atoms with E-state index in [0.29, 0.717) is 15.8 Å². The molecule has 1 N–H and O–H groups in total. The van der Waals surface area contributed by atoms with Crippen LogP contribution in [0.25, 0.3) is 0 Å². The number of benzene rings is 1. The zero-order chi connectivity index (χ0) is 13.9. The second kappa shape index (κ2) is 5.48. The molecule has 0 aliphatic rings. The maximum Gasteiger partial charge on any atom is 0.412 e. The lowest BCUT2D eigenvalue weighted by Crippen LogP contribution is -2.27. The van der Waals surface area contributed by atoms with E-state index >= 15 is 0 Å². The molecule has 1 aromatic carbocycles. The quantitative estimate of drug-likeness (QED) is 0.844. The lowest BCUT2D eigenvalue weighted by molar-refractivity contribution is -0.429. The van der Waals surface area contributed by atoms with E-state index in [-0.39, 0.29) is 0 Å². The molecule has 1 aromatic rings. The fraction of sp³-hybridized carbons (Fsp3) is 0.417. The number of ether oxygens (including phenoxy) is 1. The topological polar surface area (TPSA) is 58.4 Å². The van der Waals surface area contributed by atoms with Gasteiger partial charge in [-0.3, -0.25) is 5.32 Å². The molecule has 98 valence electrons. The van der Waals surface area contributed by atoms with Crippen molar-refractivity contribution in [2.75, 3.05) is 12.4 Å². The third-order valence-electron chi connectivity index (χ3n) is 1.93. The number of carbonyl (C=O) groups excluding carboxylic acids is 1. The van der Waals surface area contributed by atoms with Gasteiger partial charge in [-0.25, -0.2) is 4.79 Å². The zero-order valence-electron chi connectivity index (χ0n) is 10.8. The van der Waals surface area contributed by atoms with Crippen molar-refractivity contribution in [1.29, 1.82) is 0 Å². The predicted molar refractivity (Wildman–Crippen MR) is 73.2 cm³/mol. The first-order valence-corrected chi connectivity index (χ1v) is 6.19. The van der Waals surface area contributed by atoms with Crippen molar-refractivity contribution in [2.45, 2.75) is 26.4 Å². The second-order valence-corrected chi connectivity index (χ2v) is 5.64. The van der Waals surface area contributed by atoms with Crippen LogP contribution in [-0.4, -0.2) is 23.5 Å². The van der Waals surface area contributed by atoms with Gasteiger partial charge in [0.1, 0.15) is 5.60 Å².